The lowest BCUT2D eigenvalue weighted by atomic mass is 10.0. The predicted octanol–water partition coefficient (Wildman–Crippen LogP) is 3.20. The highest BCUT2D eigenvalue weighted by Gasteiger charge is 2.20. The minimum atomic E-state index is -0.504. The van der Waals surface area contributed by atoms with Gasteiger partial charge in [-0.15, -0.1) is 0 Å². The van der Waals surface area contributed by atoms with Gasteiger partial charge < -0.3 is 14.8 Å². The third kappa shape index (κ3) is 1.64. The van der Waals surface area contributed by atoms with E-state index in [1.807, 2.05) is 18.2 Å². The molecule has 0 amide bonds. The first-order valence-corrected chi connectivity index (χ1v) is 6.12. The normalized spacial score (nSPS) is 11.0. The Morgan fingerprint density at radius 2 is 1.95 bits per heavy atom. The van der Waals surface area contributed by atoms with Crippen LogP contribution in [0.15, 0.2) is 36.5 Å². The molecule has 1 aromatic heterocycles. The van der Waals surface area contributed by atoms with Crippen molar-refractivity contribution < 1.29 is 14.6 Å². The zero-order valence-electron chi connectivity index (χ0n) is 10.4. The van der Waals surface area contributed by atoms with E-state index in [4.69, 9.17) is 4.74 Å². The van der Waals surface area contributed by atoms with Crippen LogP contribution in [0, 0.1) is 0 Å². The monoisotopic (exact) mass is 255 g/mol. The summed E-state index contributed by atoms with van der Waals surface area (Å²) in [5.74, 6) is -0.531. The van der Waals surface area contributed by atoms with Crippen LogP contribution in [0.4, 0.5) is 0 Å². The highest BCUT2D eigenvalue weighted by atomic mass is 16.5. The van der Waals surface area contributed by atoms with Crippen LogP contribution >= 0.6 is 0 Å². The van der Waals surface area contributed by atoms with Gasteiger partial charge in [0.25, 0.3) is 0 Å². The van der Waals surface area contributed by atoms with Crippen LogP contribution in [-0.2, 0) is 4.74 Å². The summed E-state index contributed by atoms with van der Waals surface area (Å²) in [5, 5.41) is 12.5. The molecular formula is C15H13NO3. The molecule has 0 bridgehead atoms. The number of carbonyl (C=O) groups is 1. The number of rotatable bonds is 2. The van der Waals surface area contributed by atoms with E-state index in [1.54, 1.807) is 25.3 Å². The topological polar surface area (TPSA) is 62.3 Å². The number of ether oxygens (including phenoxy) is 1. The Kier molecular flexibility index (Phi) is 2.63. The fourth-order valence-corrected chi connectivity index (χ4v) is 2.38. The van der Waals surface area contributed by atoms with E-state index in [0.29, 0.717) is 10.8 Å². The Balaban J connectivity index is 2.44. The van der Waals surface area contributed by atoms with E-state index < -0.39 is 5.97 Å². The molecule has 0 unspecified atom stereocenters. The van der Waals surface area contributed by atoms with Crippen molar-refractivity contribution in [2.75, 3.05) is 6.61 Å². The van der Waals surface area contributed by atoms with Gasteiger partial charge in [-0.3, -0.25) is 0 Å². The zero-order chi connectivity index (χ0) is 13.4. The Bertz CT molecular complexity index is 774. The molecule has 0 aliphatic heterocycles. The Labute approximate surface area is 109 Å². The summed E-state index contributed by atoms with van der Waals surface area (Å²) in [5.41, 5.74) is 1.05. The quantitative estimate of drug-likeness (QED) is 0.691. The second-order valence-electron chi connectivity index (χ2n) is 4.26. The Morgan fingerprint density at radius 1 is 1.21 bits per heavy atom. The lowest BCUT2D eigenvalue weighted by Crippen LogP contribution is -2.05. The number of phenolic OH excluding ortho intramolecular Hbond substituents is 1. The number of aromatic amines is 1. The molecule has 1 heterocycles. The summed E-state index contributed by atoms with van der Waals surface area (Å²) in [6.07, 6.45) is 1.75. The van der Waals surface area contributed by atoms with E-state index in [-0.39, 0.29) is 17.9 Å². The van der Waals surface area contributed by atoms with Crippen molar-refractivity contribution >= 4 is 27.6 Å². The molecule has 19 heavy (non-hydrogen) atoms. The molecule has 4 heteroatoms. The van der Waals surface area contributed by atoms with Crippen LogP contribution in [0.25, 0.3) is 21.7 Å². The maximum Gasteiger partial charge on any atom is 0.342 e. The van der Waals surface area contributed by atoms with Gasteiger partial charge in [-0.1, -0.05) is 24.3 Å². The Hall–Kier alpha value is -2.49. The highest BCUT2D eigenvalue weighted by molar-refractivity contribution is 6.18. The number of phenols is 1. The largest absolute Gasteiger partial charge is 0.506 e. The fourth-order valence-electron chi connectivity index (χ4n) is 2.38. The fraction of sp³-hybridized carbons (Fsp3) is 0.133. The average molecular weight is 255 g/mol. The molecule has 0 atom stereocenters. The molecule has 2 aromatic carbocycles. The van der Waals surface area contributed by atoms with E-state index in [1.165, 1.54) is 0 Å². The molecule has 2 N–H and O–H groups in total. The standard InChI is InChI=1S/C15H13NO3/c1-2-19-15(18)12-11-7-8-16-13(11)9-5-3-4-6-10(9)14(12)17/h3-8,16-17H,2H2,1H3. The molecule has 0 aliphatic rings. The molecule has 0 spiro atoms. The zero-order valence-corrected chi connectivity index (χ0v) is 10.4. The molecule has 4 nitrogen and oxygen atoms in total. The first-order valence-electron chi connectivity index (χ1n) is 6.12. The van der Waals surface area contributed by atoms with Crippen molar-refractivity contribution in [2.45, 2.75) is 6.92 Å². The highest BCUT2D eigenvalue weighted by Crippen LogP contribution is 2.36. The third-order valence-corrected chi connectivity index (χ3v) is 3.18. The van der Waals surface area contributed by atoms with E-state index >= 15 is 0 Å². The van der Waals surface area contributed by atoms with Gasteiger partial charge in [0, 0.05) is 22.4 Å². The Morgan fingerprint density at radius 3 is 2.68 bits per heavy atom. The van der Waals surface area contributed by atoms with Gasteiger partial charge in [0.05, 0.1) is 12.1 Å². The summed E-state index contributed by atoms with van der Waals surface area (Å²) < 4.78 is 5.02. The van der Waals surface area contributed by atoms with Crippen molar-refractivity contribution in [1.29, 1.82) is 0 Å². The van der Waals surface area contributed by atoms with Gasteiger partial charge in [0.2, 0.25) is 0 Å². The number of aromatic nitrogens is 1. The average Bonchev–Trinajstić information content (AvgIpc) is 2.88. The smallest absolute Gasteiger partial charge is 0.342 e. The summed E-state index contributed by atoms with van der Waals surface area (Å²) in [4.78, 5) is 15.1. The minimum absolute atomic E-state index is 0.0267. The van der Waals surface area contributed by atoms with Gasteiger partial charge in [-0.05, 0) is 13.0 Å². The molecule has 0 saturated carbocycles. The van der Waals surface area contributed by atoms with Crippen molar-refractivity contribution in [3.8, 4) is 5.75 Å². The predicted molar refractivity (Wildman–Crippen MR) is 73.4 cm³/mol. The molecule has 3 aromatic rings. The number of carbonyl (C=O) groups excluding carboxylic acids is 1. The van der Waals surface area contributed by atoms with Gasteiger partial charge in [-0.25, -0.2) is 4.79 Å². The third-order valence-electron chi connectivity index (χ3n) is 3.18. The van der Waals surface area contributed by atoms with Gasteiger partial charge >= 0.3 is 5.97 Å². The van der Waals surface area contributed by atoms with Crippen molar-refractivity contribution in [3.63, 3.8) is 0 Å². The van der Waals surface area contributed by atoms with E-state index in [2.05, 4.69) is 4.98 Å². The van der Waals surface area contributed by atoms with Gasteiger partial charge in [0.1, 0.15) is 11.3 Å². The van der Waals surface area contributed by atoms with Crippen LogP contribution < -0.4 is 0 Å². The van der Waals surface area contributed by atoms with E-state index in [0.717, 1.165) is 10.9 Å². The molecule has 0 aliphatic carbocycles. The lowest BCUT2D eigenvalue weighted by molar-refractivity contribution is 0.0526. The number of hydrogen-bond donors (Lipinski definition) is 2. The number of hydrogen-bond acceptors (Lipinski definition) is 3. The molecule has 96 valence electrons. The lowest BCUT2D eigenvalue weighted by Gasteiger charge is -2.10. The van der Waals surface area contributed by atoms with Crippen molar-refractivity contribution in [3.05, 3.63) is 42.1 Å². The molecule has 0 fully saturated rings. The first-order chi connectivity index (χ1) is 9.24. The number of fused-ring (bicyclic) bond motifs is 3. The van der Waals surface area contributed by atoms with Crippen molar-refractivity contribution in [1.82, 2.24) is 4.98 Å². The number of benzene rings is 2. The maximum absolute atomic E-state index is 12.0. The van der Waals surface area contributed by atoms with Gasteiger partial charge in [0.15, 0.2) is 0 Å². The number of aromatic hydroxyl groups is 1. The minimum Gasteiger partial charge on any atom is -0.506 e. The van der Waals surface area contributed by atoms with Crippen molar-refractivity contribution in [2.24, 2.45) is 0 Å². The molecular weight excluding hydrogens is 242 g/mol. The maximum atomic E-state index is 12.0. The first kappa shape index (κ1) is 11.6. The summed E-state index contributed by atoms with van der Waals surface area (Å²) >= 11 is 0. The number of nitrogens with one attached hydrogen (secondary N) is 1. The second kappa shape index (κ2) is 4.31. The SMILES string of the molecule is CCOC(=O)c1c(O)c2ccccc2c2[nH]ccc12. The summed E-state index contributed by atoms with van der Waals surface area (Å²) in [6.45, 7) is 2.02. The van der Waals surface area contributed by atoms with E-state index in [9.17, 15) is 9.90 Å². The summed E-state index contributed by atoms with van der Waals surface area (Å²) in [7, 11) is 0. The molecule has 0 radical (unpaired) electrons. The number of H-pyrrole nitrogens is 1. The molecule has 0 saturated heterocycles. The van der Waals surface area contributed by atoms with Crippen LogP contribution in [0.5, 0.6) is 5.75 Å². The molecule has 3 rings (SSSR count). The summed E-state index contributed by atoms with van der Waals surface area (Å²) in [6, 6.07) is 9.18. The second-order valence-corrected chi connectivity index (χ2v) is 4.26. The van der Waals surface area contributed by atoms with Gasteiger partial charge in [-0.2, -0.15) is 0 Å². The van der Waals surface area contributed by atoms with Crippen LogP contribution in [-0.4, -0.2) is 22.7 Å². The van der Waals surface area contributed by atoms with Crippen LogP contribution in [0.3, 0.4) is 0 Å². The number of esters is 1. The van der Waals surface area contributed by atoms with Crippen LogP contribution in [0.2, 0.25) is 0 Å². The van der Waals surface area contributed by atoms with Crippen LogP contribution in [0.1, 0.15) is 17.3 Å².